The van der Waals surface area contributed by atoms with Gasteiger partial charge in [0.25, 0.3) is 5.91 Å². The number of carbonyl (C=O) groups is 1. The van der Waals surface area contributed by atoms with Gasteiger partial charge in [-0.3, -0.25) is 4.79 Å². The van der Waals surface area contributed by atoms with Gasteiger partial charge in [0.2, 0.25) is 0 Å². The van der Waals surface area contributed by atoms with Crippen LogP contribution in [0.15, 0.2) is 12.1 Å². The largest absolute Gasteiger partial charge is 0.491 e. The lowest BCUT2D eigenvalue weighted by atomic mass is 10.1. The van der Waals surface area contributed by atoms with Gasteiger partial charge < -0.3 is 14.4 Å². The summed E-state index contributed by atoms with van der Waals surface area (Å²) in [4.78, 5) is 14.2. The van der Waals surface area contributed by atoms with Crippen molar-refractivity contribution in [2.75, 3.05) is 26.8 Å². The maximum Gasteiger partial charge on any atom is 0.254 e. The van der Waals surface area contributed by atoms with E-state index < -0.39 is 0 Å². The standard InChI is InChI=1S/C14H18ClNO3/c1-3-19-12-9-10(8-11(15)13(12)18-2)14(17)16-6-4-5-7-16/h8-9H,3-7H2,1-2H3. The summed E-state index contributed by atoms with van der Waals surface area (Å²) < 4.78 is 10.7. The van der Waals surface area contributed by atoms with E-state index in [9.17, 15) is 4.79 Å². The van der Waals surface area contributed by atoms with Crippen LogP contribution in [0.1, 0.15) is 30.1 Å². The Bertz CT molecular complexity index is 470. The first-order chi connectivity index (χ1) is 9.17. The van der Waals surface area contributed by atoms with Crippen molar-refractivity contribution in [1.82, 2.24) is 4.90 Å². The molecule has 0 saturated carbocycles. The quantitative estimate of drug-likeness (QED) is 0.853. The molecular weight excluding hydrogens is 266 g/mol. The third-order valence-electron chi connectivity index (χ3n) is 3.15. The Balaban J connectivity index is 2.32. The van der Waals surface area contributed by atoms with Crippen LogP contribution in [0.2, 0.25) is 5.02 Å². The first kappa shape index (κ1) is 14.0. The van der Waals surface area contributed by atoms with E-state index in [4.69, 9.17) is 21.1 Å². The highest BCUT2D eigenvalue weighted by Gasteiger charge is 2.22. The number of ether oxygens (including phenoxy) is 2. The molecule has 1 amide bonds. The summed E-state index contributed by atoms with van der Waals surface area (Å²) in [5.41, 5.74) is 0.552. The van der Waals surface area contributed by atoms with E-state index in [1.165, 1.54) is 7.11 Å². The van der Waals surface area contributed by atoms with Crippen molar-refractivity contribution < 1.29 is 14.3 Å². The number of rotatable bonds is 4. The second-order valence-corrected chi connectivity index (χ2v) is 4.83. The number of methoxy groups -OCH3 is 1. The van der Waals surface area contributed by atoms with Crippen LogP contribution >= 0.6 is 11.6 Å². The lowest BCUT2D eigenvalue weighted by molar-refractivity contribution is 0.0792. The van der Waals surface area contributed by atoms with E-state index in [0.717, 1.165) is 25.9 Å². The Kier molecular flexibility index (Phi) is 4.53. The van der Waals surface area contributed by atoms with Crippen LogP contribution in [-0.4, -0.2) is 37.6 Å². The van der Waals surface area contributed by atoms with E-state index in [1.807, 2.05) is 11.8 Å². The highest BCUT2D eigenvalue weighted by molar-refractivity contribution is 6.32. The van der Waals surface area contributed by atoms with Crippen molar-refractivity contribution in [1.29, 1.82) is 0 Å². The van der Waals surface area contributed by atoms with Crippen LogP contribution < -0.4 is 9.47 Å². The maximum absolute atomic E-state index is 12.3. The molecule has 1 heterocycles. The summed E-state index contributed by atoms with van der Waals surface area (Å²) in [5.74, 6) is 0.990. The molecular formula is C14H18ClNO3. The number of benzene rings is 1. The average Bonchev–Trinajstić information content (AvgIpc) is 2.91. The van der Waals surface area contributed by atoms with Crippen molar-refractivity contribution in [3.63, 3.8) is 0 Å². The molecule has 0 radical (unpaired) electrons. The van der Waals surface area contributed by atoms with Gasteiger partial charge in [-0.2, -0.15) is 0 Å². The molecule has 0 N–H and O–H groups in total. The van der Waals surface area contributed by atoms with E-state index in [-0.39, 0.29) is 5.91 Å². The number of likely N-dealkylation sites (tertiary alicyclic amines) is 1. The molecule has 0 unspecified atom stereocenters. The number of hydrogen-bond donors (Lipinski definition) is 0. The lowest BCUT2D eigenvalue weighted by Gasteiger charge is -2.17. The molecule has 5 heteroatoms. The molecule has 19 heavy (non-hydrogen) atoms. The van der Waals surface area contributed by atoms with E-state index in [1.54, 1.807) is 12.1 Å². The third-order valence-corrected chi connectivity index (χ3v) is 3.43. The summed E-state index contributed by atoms with van der Waals surface area (Å²) in [6, 6.07) is 3.35. The number of hydrogen-bond acceptors (Lipinski definition) is 3. The van der Waals surface area contributed by atoms with Gasteiger partial charge in [-0.15, -0.1) is 0 Å². The molecule has 0 aliphatic carbocycles. The first-order valence-electron chi connectivity index (χ1n) is 6.47. The normalized spacial score (nSPS) is 14.6. The van der Waals surface area contributed by atoms with E-state index in [0.29, 0.717) is 28.7 Å². The van der Waals surface area contributed by atoms with Crippen LogP contribution in [-0.2, 0) is 0 Å². The smallest absolute Gasteiger partial charge is 0.254 e. The Morgan fingerprint density at radius 1 is 1.37 bits per heavy atom. The molecule has 2 rings (SSSR count). The maximum atomic E-state index is 12.3. The van der Waals surface area contributed by atoms with Crippen LogP contribution in [0.5, 0.6) is 11.5 Å². The zero-order valence-corrected chi connectivity index (χ0v) is 12.0. The minimum Gasteiger partial charge on any atom is -0.491 e. The van der Waals surface area contributed by atoms with Gasteiger partial charge in [0.15, 0.2) is 11.5 Å². The molecule has 0 aromatic heterocycles. The molecule has 1 saturated heterocycles. The van der Waals surface area contributed by atoms with Crippen molar-refractivity contribution in [2.45, 2.75) is 19.8 Å². The third kappa shape index (κ3) is 2.95. The molecule has 0 bridgehead atoms. The zero-order valence-electron chi connectivity index (χ0n) is 11.2. The number of amides is 1. The van der Waals surface area contributed by atoms with Gasteiger partial charge in [-0.25, -0.2) is 0 Å². The van der Waals surface area contributed by atoms with Crippen molar-refractivity contribution in [3.05, 3.63) is 22.7 Å². The summed E-state index contributed by atoms with van der Waals surface area (Å²) in [6.45, 7) is 4.00. The molecule has 0 atom stereocenters. The van der Waals surface area contributed by atoms with Crippen LogP contribution in [0, 0.1) is 0 Å². The fourth-order valence-electron chi connectivity index (χ4n) is 2.26. The lowest BCUT2D eigenvalue weighted by Crippen LogP contribution is -2.27. The van der Waals surface area contributed by atoms with Crippen LogP contribution in [0.25, 0.3) is 0 Å². The highest BCUT2D eigenvalue weighted by atomic mass is 35.5. The Labute approximate surface area is 118 Å². The predicted molar refractivity (Wildman–Crippen MR) is 74.3 cm³/mol. The van der Waals surface area contributed by atoms with Gasteiger partial charge >= 0.3 is 0 Å². The first-order valence-corrected chi connectivity index (χ1v) is 6.84. The highest BCUT2D eigenvalue weighted by Crippen LogP contribution is 2.36. The summed E-state index contributed by atoms with van der Waals surface area (Å²) >= 11 is 6.15. The SMILES string of the molecule is CCOc1cc(C(=O)N2CCCC2)cc(Cl)c1OC. The molecule has 104 valence electrons. The average molecular weight is 284 g/mol. The molecule has 1 aliphatic rings. The van der Waals surface area contributed by atoms with Gasteiger partial charge in [0.1, 0.15) is 0 Å². The molecule has 0 spiro atoms. The number of nitrogens with zero attached hydrogens (tertiary/aromatic N) is 1. The minimum absolute atomic E-state index is 0.00278. The van der Waals surface area contributed by atoms with Crippen molar-refractivity contribution >= 4 is 17.5 Å². The molecule has 1 aliphatic heterocycles. The fraction of sp³-hybridized carbons (Fsp3) is 0.500. The summed E-state index contributed by atoms with van der Waals surface area (Å²) in [7, 11) is 1.53. The summed E-state index contributed by atoms with van der Waals surface area (Å²) in [6.07, 6.45) is 2.13. The van der Waals surface area contributed by atoms with Crippen molar-refractivity contribution in [3.8, 4) is 11.5 Å². The molecule has 1 fully saturated rings. The molecule has 4 nitrogen and oxygen atoms in total. The zero-order chi connectivity index (χ0) is 13.8. The van der Waals surface area contributed by atoms with Crippen LogP contribution in [0.3, 0.4) is 0 Å². The van der Waals surface area contributed by atoms with E-state index in [2.05, 4.69) is 0 Å². The van der Waals surface area contributed by atoms with E-state index >= 15 is 0 Å². The van der Waals surface area contributed by atoms with Gasteiger partial charge in [0.05, 0.1) is 18.7 Å². The minimum atomic E-state index is 0.00278. The Morgan fingerprint density at radius 3 is 2.63 bits per heavy atom. The molecule has 1 aromatic carbocycles. The van der Waals surface area contributed by atoms with Gasteiger partial charge in [0, 0.05) is 18.7 Å². The van der Waals surface area contributed by atoms with Gasteiger partial charge in [-0.05, 0) is 31.9 Å². The second-order valence-electron chi connectivity index (χ2n) is 4.42. The summed E-state index contributed by atoms with van der Waals surface area (Å²) in [5, 5.41) is 0.399. The Morgan fingerprint density at radius 2 is 2.05 bits per heavy atom. The van der Waals surface area contributed by atoms with Crippen molar-refractivity contribution in [2.24, 2.45) is 0 Å². The van der Waals surface area contributed by atoms with Gasteiger partial charge in [-0.1, -0.05) is 11.6 Å². The number of carbonyl (C=O) groups excluding carboxylic acids is 1. The fourth-order valence-corrected chi connectivity index (χ4v) is 2.54. The Hall–Kier alpha value is -1.42. The predicted octanol–water partition coefficient (Wildman–Crippen LogP) is 2.98. The molecule has 1 aromatic rings. The number of halogens is 1. The second kappa shape index (κ2) is 6.15. The topological polar surface area (TPSA) is 38.8 Å². The van der Waals surface area contributed by atoms with Crippen LogP contribution in [0.4, 0.5) is 0 Å². The monoisotopic (exact) mass is 283 g/mol.